The summed E-state index contributed by atoms with van der Waals surface area (Å²) in [6, 6.07) is 15.9. The van der Waals surface area contributed by atoms with Crippen LogP contribution in [0.15, 0.2) is 48.5 Å². The number of nitro groups is 1. The van der Waals surface area contributed by atoms with Crippen molar-refractivity contribution < 1.29 is 9.35 Å². The normalized spacial score (nSPS) is 11.4. The van der Waals surface area contributed by atoms with Crippen molar-refractivity contribution in [2.75, 3.05) is 0 Å². The Bertz CT molecular complexity index is 662. The van der Waals surface area contributed by atoms with Gasteiger partial charge in [-0.05, 0) is 36.8 Å². The van der Waals surface area contributed by atoms with Gasteiger partial charge in [0.1, 0.15) is 5.02 Å². The molecule has 22 heavy (non-hydrogen) atoms. The monoisotopic (exact) mass is 335 g/mol. The van der Waals surface area contributed by atoms with Gasteiger partial charge in [0.25, 0.3) is 5.69 Å². The molecule has 2 aromatic rings. The molecule has 0 N–H and O–H groups in total. The highest BCUT2D eigenvalue weighted by atomic mass is 35.5. The summed E-state index contributed by atoms with van der Waals surface area (Å²) in [6.07, 6.45) is 0. The Morgan fingerprint density at radius 3 is 2.45 bits per heavy atom. The highest BCUT2D eigenvalue weighted by molar-refractivity contribution is 6.70. The second-order valence-electron chi connectivity index (χ2n) is 5.72. The Labute approximate surface area is 136 Å². The Hall–Kier alpha value is -1.69. The van der Waals surface area contributed by atoms with Crippen LogP contribution in [0.1, 0.15) is 11.1 Å². The van der Waals surface area contributed by atoms with Crippen molar-refractivity contribution >= 4 is 25.6 Å². The molecule has 0 fully saturated rings. The fourth-order valence-corrected chi connectivity index (χ4v) is 4.42. The zero-order valence-electron chi connectivity index (χ0n) is 12.6. The van der Waals surface area contributed by atoms with E-state index in [1.807, 2.05) is 18.2 Å². The molecule has 0 saturated carbocycles. The summed E-state index contributed by atoms with van der Waals surface area (Å²) in [5.74, 6) is 0. The molecule has 4 nitrogen and oxygen atoms in total. The predicted octanol–water partition coefficient (Wildman–Crippen LogP) is 4.75. The molecule has 0 spiro atoms. The number of para-hydroxylation sites is 1. The van der Waals surface area contributed by atoms with Crippen LogP contribution in [0.25, 0.3) is 0 Å². The first-order chi connectivity index (χ1) is 10.4. The first kappa shape index (κ1) is 16.7. The van der Waals surface area contributed by atoms with Gasteiger partial charge in [-0.3, -0.25) is 10.1 Å². The van der Waals surface area contributed by atoms with Gasteiger partial charge in [0.2, 0.25) is 0 Å². The molecule has 0 heterocycles. The Kier molecular flexibility index (Phi) is 5.34. The number of halogens is 1. The van der Waals surface area contributed by atoms with Gasteiger partial charge in [0.05, 0.1) is 17.1 Å². The molecule has 0 radical (unpaired) electrons. The quantitative estimate of drug-likeness (QED) is 0.435. The van der Waals surface area contributed by atoms with Gasteiger partial charge in [-0.15, -0.1) is 0 Å². The van der Waals surface area contributed by atoms with E-state index in [0.717, 1.165) is 6.04 Å². The summed E-state index contributed by atoms with van der Waals surface area (Å²) in [5.41, 5.74) is 1.68. The van der Waals surface area contributed by atoms with Gasteiger partial charge < -0.3 is 4.43 Å². The maximum atomic E-state index is 11.1. The second kappa shape index (κ2) is 7.04. The zero-order chi connectivity index (χ0) is 16.2. The topological polar surface area (TPSA) is 52.4 Å². The molecule has 2 aromatic carbocycles. The molecule has 0 saturated heterocycles. The lowest BCUT2D eigenvalue weighted by Gasteiger charge is -2.23. The molecule has 2 rings (SSSR count). The van der Waals surface area contributed by atoms with Crippen molar-refractivity contribution in [2.45, 2.75) is 25.7 Å². The molecular weight excluding hydrogens is 318 g/mol. The SMILES string of the molecule is C[Si](C)(Cc1ccccc1)OCc1cccc(Cl)c1[N+](=O)[O-]. The van der Waals surface area contributed by atoms with E-state index in [1.54, 1.807) is 12.1 Å². The third-order valence-corrected chi connectivity index (χ3v) is 5.83. The van der Waals surface area contributed by atoms with Crippen molar-refractivity contribution in [3.8, 4) is 0 Å². The number of benzene rings is 2. The number of hydrogen-bond donors (Lipinski definition) is 0. The summed E-state index contributed by atoms with van der Waals surface area (Å²) in [7, 11) is -1.97. The summed E-state index contributed by atoms with van der Waals surface area (Å²) in [5, 5.41) is 11.3. The highest BCUT2D eigenvalue weighted by Gasteiger charge is 2.25. The fourth-order valence-electron chi connectivity index (χ4n) is 2.29. The number of rotatable bonds is 6. The third kappa shape index (κ3) is 4.40. The standard InChI is InChI=1S/C16H18ClNO3Si/c1-22(2,12-13-7-4-3-5-8-13)21-11-14-9-6-10-15(17)16(14)18(19)20/h3-10H,11-12H2,1-2H3. The maximum absolute atomic E-state index is 11.1. The average molecular weight is 336 g/mol. The molecule has 116 valence electrons. The number of hydrogen-bond acceptors (Lipinski definition) is 3. The van der Waals surface area contributed by atoms with Gasteiger partial charge in [-0.2, -0.15) is 0 Å². The minimum absolute atomic E-state index is 0.0614. The van der Waals surface area contributed by atoms with Gasteiger partial charge in [0.15, 0.2) is 8.32 Å². The van der Waals surface area contributed by atoms with Crippen LogP contribution in [0.4, 0.5) is 5.69 Å². The van der Waals surface area contributed by atoms with E-state index in [2.05, 4.69) is 25.2 Å². The van der Waals surface area contributed by atoms with Gasteiger partial charge in [0, 0.05) is 0 Å². The van der Waals surface area contributed by atoms with Crippen molar-refractivity contribution in [3.05, 3.63) is 74.8 Å². The minimum atomic E-state index is -1.97. The summed E-state index contributed by atoms with van der Waals surface area (Å²) >= 11 is 5.92. The molecule has 0 aliphatic rings. The molecule has 0 unspecified atom stereocenters. The van der Waals surface area contributed by atoms with Crippen molar-refractivity contribution in [2.24, 2.45) is 0 Å². The van der Waals surface area contributed by atoms with Crippen LogP contribution in [0, 0.1) is 10.1 Å². The minimum Gasteiger partial charge on any atom is -0.412 e. The van der Waals surface area contributed by atoms with Gasteiger partial charge in [-0.25, -0.2) is 0 Å². The number of nitrogens with zero attached hydrogens (tertiary/aromatic N) is 1. The average Bonchev–Trinajstić information content (AvgIpc) is 2.45. The Balaban J connectivity index is 2.09. The van der Waals surface area contributed by atoms with E-state index in [-0.39, 0.29) is 17.3 Å². The van der Waals surface area contributed by atoms with E-state index >= 15 is 0 Å². The molecule has 0 aromatic heterocycles. The van der Waals surface area contributed by atoms with E-state index in [9.17, 15) is 10.1 Å². The van der Waals surface area contributed by atoms with Crippen LogP contribution in [-0.4, -0.2) is 13.2 Å². The first-order valence-electron chi connectivity index (χ1n) is 6.99. The predicted molar refractivity (Wildman–Crippen MR) is 90.5 cm³/mol. The van der Waals surface area contributed by atoms with Crippen LogP contribution >= 0.6 is 11.6 Å². The molecule has 0 atom stereocenters. The molecule has 0 aliphatic carbocycles. The lowest BCUT2D eigenvalue weighted by atomic mass is 10.2. The lowest BCUT2D eigenvalue weighted by Crippen LogP contribution is -2.33. The van der Waals surface area contributed by atoms with Crippen LogP contribution < -0.4 is 0 Å². The fraction of sp³-hybridized carbons (Fsp3) is 0.250. The van der Waals surface area contributed by atoms with Crippen LogP contribution in [0.3, 0.4) is 0 Å². The smallest absolute Gasteiger partial charge is 0.293 e. The molecular formula is C16H18ClNO3Si. The first-order valence-corrected chi connectivity index (χ1v) is 10.5. The van der Waals surface area contributed by atoms with E-state index < -0.39 is 13.2 Å². The third-order valence-electron chi connectivity index (χ3n) is 3.34. The summed E-state index contributed by atoms with van der Waals surface area (Å²) < 4.78 is 6.04. The van der Waals surface area contributed by atoms with Gasteiger partial charge in [-0.1, -0.05) is 48.0 Å². The van der Waals surface area contributed by atoms with Gasteiger partial charge >= 0.3 is 0 Å². The lowest BCUT2D eigenvalue weighted by molar-refractivity contribution is -0.385. The van der Waals surface area contributed by atoms with E-state index in [4.69, 9.17) is 16.0 Å². The van der Waals surface area contributed by atoms with E-state index in [1.165, 1.54) is 11.6 Å². The van der Waals surface area contributed by atoms with Crippen molar-refractivity contribution in [1.29, 1.82) is 0 Å². The largest absolute Gasteiger partial charge is 0.412 e. The summed E-state index contributed by atoms with van der Waals surface area (Å²) in [4.78, 5) is 10.7. The van der Waals surface area contributed by atoms with E-state index in [0.29, 0.717) is 5.56 Å². The number of nitro benzene ring substituents is 1. The second-order valence-corrected chi connectivity index (χ2v) is 10.3. The Morgan fingerprint density at radius 2 is 1.82 bits per heavy atom. The summed E-state index contributed by atoms with van der Waals surface area (Å²) in [6.45, 7) is 4.43. The molecule has 6 heteroatoms. The van der Waals surface area contributed by atoms with Crippen molar-refractivity contribution in [3.63, 3.8) is 0 Å². The van der Waals surface area contributed by atoms with Crippen LogP contribution in [0.5, 0.6) is 0 Å². The zero-order valence-corrected chi connectivity index (χ0v) is 14.3. The highest BCUT2D eigenvalue weighted by Crippen LogP contribution is 2.29. The Morgan fingerprint density at radius 1 is 1.14 bits per heavy atom. The van der Waals surface area contributed by atoms with Crippen molar-refractivity contribution in [1.82, 2.24) is 0 Å². The molecule has 0 aliphatic heterocycles. The maximum Gasteiger partial charge on any atom is 0.293 e. The molecule has 0 amide bonds. The molecule has 0 bridgehead atoms. The van der Waals surface area contributed by atoms with Crippen LogP contribution in [0.2, 0.25) is 18.1 Å². The van der Waals surface area contributed by atoms with Crippen LogP contribution in [-0.2, 0) is 17.1 Å².